The van der Waals surface area contributed by atoms with Gasteiger partial charge in [-0.2, -0.15) is 0 Å². The van der Waals surface area contributed by atoms with Crippen LogP contribution in [0, 0.1) is 12.7 Å². The van der Waals surface area contributed by atoms with Crippen molar-refractivity contribution >= 4 is 0 Å². The summed E-state index contributed by atoms with van der Waals surface area (Å²) in [7, 11) is 0. The van der Waals surface area contributed by atoms with E-state index in [4.69, 9.17) is 10.5 Å². The van der Waals surface area contributed by atoms with E-state index in [9.17, 15) is 4.39 Å². The molecule has 0 aliphatic rings. The van der Waals surface area contributed by atoms with Gasteiger partial charge in [-0.05, 0) is 48.2 Å². The van der Waals surface area contributed by atoms with Crippen LogP contribution in [0.3, 0.4) is 0 Å². The standard InChI is InChI=1S/C17H20FNO/c1-3-9-20-15-6-4-5-13(10-15)17(19)14-8-7-12(2)16(18)11-14/h4-8,10-11,17H,3,9,19H2,1-2H3. The Bertz CT molecular complexity index is 583. The molecule has 2 rings (SSSR count). The molecule has 1 unspecified atom stereocenters. The molecule has 0 amide bonds. The maximum atomic E-state index is 13.6. The van der Waals surface area contributed by atoms with Crippen molar-refractivity contribution in [1.82, 2.24) is 0 Å². The van der Waals surface area contributed by atoms with Crippen LogP contribution in [-0.2, 0) is 0 Å². The van der Waals surface area contributed by atoms with Gasteiger partial charge in [0.1, 0.15) is 11.6 Å². The van der Waals surface area contributed by atoms with Crippen molar-refractivity contribution in [3.63, 3.8) is 0 Å². The Kier molecular flexibility index (Phi) is 4.74. The largest absolute Gasteiger partial charge is 0.494 e. The molecule has 2 nitrogen and oxygen atoms in total. The van der Waals surface area contributed by atoms with E-state index in [2.05, 4.69) is 6.92 Å². The van der Waals surface area contributed by atoms with Crippen LogP contribution in [0.15, 0.2) is 42.5 Å². The first-order chi connectivity index (χ1) is 9.61. The van der Waals surface area contributed by atoms with Crippen molar-refractivity contribution in [2.24, 2.45) is 5.73 Å². The Balaban J connectivity index is 2.23. The van der Waals surface area contributed by atoms with E-state index in [1.165, 1.54) is 6.07 Å². The van der Waals surface area contributed by atoms with Crippen molar-refractivity contribution in [2.45, 2.75) is 26.3 Å². The Labute approximate surface area is 119 Å². The van der Waals surface area contributed by atoms with Crippen LogP contribution < -0.4 is 10.5 Å². The lowest BCUT2D eigenvalue weighted by Gasteiger charge is -2.15. The van der Waals surface area contributed by atoms with Gasteiger partial charge in [0, 0.05) is 0 Å². The Morgan fingerprint density at radius 1 is 1.15 bits per heavy atom. The monoisotopic (exact) mass is 273 g/mol. The molecule has 0 aliphatic carbocycles. The highest BCUT2D eigenvalue weighted by molar-refractivity contribution is 5.37. The highest BCUT2D eigenvalue weighted by Crippen LogP contribution is 2.24. The van der Waals surface area contributed by atoms with Gasteiger partial charge in [-0.15, -0.1) is 0 Å². The summed E-state index contributed by atoms with van der Waals surface area (Å²) in [6, 6.07) is 12.4. The summed E-state index contributed by atoms with van der Waals surface area (Å²) in [5, 5.41) is 0. The highest BCUT2D eigenvalue weighted by atomic mass is 19.1. The lowest BCUT2D eigenvalue weighted by molar-refractivity contribution is 0.317. The molecule has 1 atom stereocenters. The van der Waals surface area contributed by atoms with E-state index >= 15 is 0 Å². The maximum absolute atomic E-state index is 13.6. The Morgan fingerprint density at radius 3 is 2.60 bits per heavy atom. The molecule has 106 valence electrons. The van der Waals surface area contributed by atoms with Gasteiger partial charge in [0.15, 0.2) is 0 Å². The smallest absolute Gasteiger partial charge is 0.126 e. The number of aryl methyl sites for hydroxylation is 1. The van der Waals surface area contributed by atoms with E-state index in [-0.39, 0.29) is 11.9 Å². The number of nitrogens with two attached hydrogens (primary N) is 1. The van der Waals surface area contributed by atoms with Crippen molar-refractivity contribution < 1.29 is 9.13 Å². The lowest BCUT2D eigenvalue weighted by Crippen LogP contribution is -2.12. The summed E-state index contributed by atoms with van der Waals surface area (Å²) in [4.78, 5) is 0. The first-order valence-corrected chi connectivity index (χ1v) is 6.86. The number of halogens is 1. The molecule has 0 radical (unpaired) electrons. The molecule has 0 bridgehead atoms. The highest BCUT2D eigenvalue weighted by Gasteiger charge is 2.11. The molecule has 2 aromatic carbocycles. The third-order valence-electron chi connectivity index (χ3n) is 3.25. The fourth-order valence-electron chi connectivity index (χ4n) is 2.01. The van der Waals surface area contributed by atoms with Gasteiger partial charge in [-0.3, -0.25) is 0 Å². The summed E-state index contributed by atoms with van der Waals surface area (Å²) >= 11 is 0. The van der Waals surface area contributed by atoms with Crippen LogP contribution in [0.2, 0.25) is 0 Å². The summed E-state index contributed by atoms with van der Waals surface area (Å²) in [5.74, 6) is 0.573. The molecule has 0 spiro atoms. The maximum Gasteiger partial charge on any atom is 0.126 e. The average molecular weight is 273 g/mol. The Morgan fingerprint density at radius 2 is 1.90 bits per heavy atom. The number of ether oxygens (including phenoxy) is 1. The third-order valence-corrected chi connectivity index (χ3v) is 3.25. The van der Waals surface area contributed by atoms with Crippen molar-refractivity contribution in [3.05, 3.63) is 65.0 Å². The SMILES string of the molecule is CCCOc1cccc(C(N)c2ccc(C)c(F)c2)c1. The summed E-state index contributed by atoms with van der Waals surface area (Å²) in [6.45, 7) is 4.48. The van der Waals surface area contributed by atoms with Crippen molar-refractivity contribution in [3.8, 4) is 5.75 Å². The second-order valence-electron chi connectivity index (χ2n) is 4.91. The molecule has 0 heterocycles. The second kappa shape index (κ2) is 6.53. The first kappa shape index (κ1) is 14.5. The van der Waals surface area contributed by atoms with Crippen LogP contribution in [0.25, 0.3) is 0 Å². The summed E-state index contributed by atoms with van der Waals surface area (Å²) in [6.07, 6.45) is 0.958. The third kappa shape index (κ3) is 3.36. The van der Waals surface area contributed by atoms with E-state index in [0.29, 0.717) is 12.2 Å². The number of rotatable bonds is 5. The minimum atomic E-state index is -0.352. The van der Waals surface area contributed by atoms with Crippen LogP contribution in [0.5, 0.6) is 5.75 Å². The van der Waals surface area contributed by atoms with E-state index < -0.39 is 0 Å². The normalized spacial score (nSPS) is 12.2. The molecule has 0 aliphatic heterocycles. The van der Waals surface area contributed by atoms with Gasteiger partial charge < -0.3 is 10.5 Å². The van der Waals surface area contributed by atoms with Gasteiger partial charge in [0.2, 0.25) is 0 Å². The minimum absolute atomic E-state index is 0.226. The zero-order valence-electron chi connectivity index (χ0n) is 11.9. The number of hydrogen-bond acceptors (Lipinski definition) is 2. The van der Waals surface area contributed by atoms with Crippen LogP contribution in [-0.4, -0.2) is 6.61 Å². The quantitative estimate of drug-likeness (QED) is 0.894. The van der Waals surface area contributed by atoms with Crippen molar-refractivity contribution in [1.29, 1.82) is 0 Å². The first-order valence-electron chi connectivity index (χ1n) is 6.86. The Hall–Kier alpha value is -1.87. The molecular weight excluding hydrogens is 253 g/mol. The molecule has 0 saturated heterocycles. The predicted octanol–water partition coefficient (Wildman–Crippen LogP) is 3.97. The molecule has 2 aromatic rings. The van der Waals surface area contributed by atoms with Crippen LogP contribution >= 0.6 is 0 Å². The van der Waals surface area contributed by atoms with Crippen LogP contribution in [0.1, 0.15) is 36.1 Å². The molecule has 0 fully saturated rings. The zero-order chi connectivity index (χ0) is 14.5. The fourth-order valence-corrected chi connectivity index (χ4v) is 2.01. The average Bonchev–Trinajstić information content (AvgIpc) is 2.47. The summed E-state index contributed by atoms with van der Waals surface area (Å²) in [5.41, 5.74) is 8.52. The van der Waals surface area contributed by atoms with E-state index in [1.807, 2.05) is 30.3 Å². The fraction of sp³-hybridized carbons (Fsp3) is 0.294. The van der Waals surface area contributed by atoms with Crippen molar-refractivity contribution in [2.75, 3.05) is 6.61 Å². The minimum Gasteiger partial charge on any atom is -0.494 e. The molecule has 0 saturated carbocycles. The zero-order valence-corrected chi connectivity index (χ0v) is 11.9. The molecule has 3 heteroatoms. The summed E-state index contributed by atoms with van der Waals surface area (Å²) < 4.78 is 19.2. The molecular formula is C17H20FNO. The molecule has 20 heavy (non-hydrogen) atoms. The van der Waals surface area contributed by atoms with Gasteiger partial charge in [-0.25, -0.2) is 4.39 Å². The van der Waals surface area contributed by atoms with Gasteiger partial charge in [0.25, 0.3) is 0 Å². The van der Waals surface area contributed by atoms with Gasteiger partial charge in [-0.1, -0.05) is 31.2 Å². The number of benzene rings is 2. The second-order valence-corrected chi connectivity index (χ2v) is 4.91. The van der Waals surface area contributed by atoms with Crippen LogP contribution in [0.4, 0.5) is 4.39 Å². The van der Waals surface area contributed by atoms with Gasteiger partial charge in [0.05, 0.1) is 12.6 Å². The van der Waals surface area contributed by atoms with E-state index in [1.54, 1.807) is 13.0 Å². The van der Waals surface area contributed by atoms with E-state index in [0.717, 1.165) is 23.3 Å². The molecule has 2 N–H and O–H groups in total. The lowest BCUT2D eigenvalue weighted by atomic mass is 9.98. The predicted molar refractivity (Wildman–Crippen MR) is 79.4 cm³/mol. The topological polar surface area (TPSA) is 35.2 Å². The number of hydrogen-bond donors (Lipinski definition) is 1. The van der Waals surface area contributed by atoms with Gasteiger partial charge >= 0.3 is 0 Å². The molecule has 0 aromatic heterocycles.